The van der Waals surface area contributed by atoms with Crippen molar-refractivity contribution in [1.82, 2.24) is 10.2 Å². The summed E-state index contributed by atoms with van der Waals surface area (Å²) in [6, 6.07) is -0.235. The molecule has 4 nitrogen and oxygen atoms in total. The van der Waals surface area contributed by atoms with Crippen molar-refractivity contribution < 1.29 is 9.59 Å². The van der Waals surface area contributed by atoms with Crippen LogP contribution in [0.4, 0.5) is 0 Å². The Balaban J connectivity index is 1.86. The molecule has 1 saturated carbocycles. The topological polar surface area (TPSA) is 49.4 Å². The predicted octanol–water partition coefficient (Wildman–Crippen LogP) is 1.55. The maximum absolute atomic E-state index is 12.2. The Kier molecular flexibility index (Phi) is 3.64. The van der Waals surface area contributed by atoms with Gasteiger partial charge in [-0.3, -0.25) is 9.59 Å². The van der Waals surface area contributed by atoms with E-state index in [9.17, 15) is 9.59 Å². The second-order valence-corrected chi connectivity index (χ2v) is 6.81. The molecule has 0 aromatic heterocycles. The smallest absolute Gasteiger partial charge is 0.245 e. The van der Waals surface area contributed by atoms with Crippen LogP contribution in [0, 0.1) is 11.3 Å². The van der Waals surface area contributed by atoms with Crippen LogP contribution in [0.2, 0.25) is 0 Å². The zero-order valence-electron chi connectivity index (χ0n) is 11.7. The molecule has 0 radical (unpaired) electrons. The minimum atomic E-state index is -0.235. The van der Waals surface area contributed by atoms with Crippen molar-refractivity contribution in [2.45, 2.75) is 52.5 Å². The standard InChI is InChI=1S/C14H24N2O2/c1-14(2,3)7-4-8-16-9-11(17)15-12(13(16)18)10-5-6-10/h10,12H,4-9H2,1-3H3,(H,15,17). The number of nitrogens with one attached hydrogen (secondary N) is 1. The minimum Gasteiger partial charge on any atom is -0.342 e. The fraction of sp³-hybridized carbons (Fsp3) is 0.857. The number of amides is 2. The molecule has 1 aliphatic heterocycles. The Morgan fingerprint density at radius 1 is 1.28 bits per heavy atom. The van der Waals surface area contributed by atoms with Crippen molar-refractivity contribution in [3.63, 3.8) is 0 Å². The van der Waals surface area contributed by atoms with Gasteiger partial charge in [-0.25, -0.2) is 0 Å². The van der Waals surface area contributed by atoms with Gasteiger partial charge in [-0.1, -0.05) is 20.8 Å². The van der Waals surface area contributed by atoms with E-state index >= 15 is 0 Å². The van der Waals surface area contributed by atoms with Crippen LogP contribution >= 0.6 is 0 Å². The molecule has 2 fully saturated rings. The van der Waals surface area contributed by atoms with E-state index < -0.39 is 0 Å². The third kappa shape index (κ3) is 3.47. The summed E-state index contributed by atoms with van der Waals surface area (Å²) in [6.45, 7) is 7.55. The number of carbonyl (C=O) groups is 2. The van der Waals surface area contributed by atoms with Crippen molar-refractivity contribution in [3.8, 4) is 0 Å². The van der Waals surface area contributed by atoms with Crippen LogP contribution in [0.15, 0.2) is 0 Å². The molecule has 0 spiro atoms. The molecular formula is C14H24N2O2. The third-order valence-corrected chi connectivity index (χ3v) is 3.68. The first kappa shape index (κ1) is 13.4. The van der Waals surface area contributed by atoms with Crippen molar-refractivity contribution in [2.24, 2.45) is 11.3 Å². The van der Waals surface area contributed by atoms with Gasteiger partial charge in [-0.2, -0.15) is 0 Å². The van der Waals surface area contributed by atoms with Crippen molar-refractivity contribution >= 4 is 11.8 Å². The van der Waals surface area contributed by atoms with E-state index in [0.717, 1.165) is 25.7 Å². The second-order valence-electron chi connectivity index (χ2n) is 6.81. The van der Waals surface area contributed by atoms with Crippen LogP contribution in [-0.4, -0.2) is 35.8 Å². The van der Waals surface area contributed by atoms with Crippen LogP contribution in [-0.2, 0) is 9.59 Å². The van der Waals surface area contributed by atoms with Gasteiger partial charge in [-0.05, 0) is 37.0 Å². The molecule has 2 rings (SSSR count). The number of carbonyl (C=O) groups excluding carboxylic acids is 2. The van der Waals surface area contributed by atoms with Crippen LogP contribution in [0.25, 0.3) is 0 Å². The number of hydrogen-bond donors (Lipinski definition) is 1. The highest BCUT2D eigenvalue weighted by Gasteiger charge is 2.42. The van der Waals surface area contributed by atoms with E-state index in [1.54, 1.807) is 4.90 Å². The quantitative estimate of drug-likeness (QED) is 0.825. The average Bonchev–Trinajstić information content (AvgIpc) is 3.04. The van der Waals surface area contributed by atoms with Crippen molar-refractivity contribution in [1.29, 1.82) is 0 Å². The van der Waals surface area contributed by atoms with Crippen LogP contribution in [0.3, 0.4) is 0 Å². The first-order valence-corrected chi connectivity index (χ1v) is 6.95. The molecule has 0 aromatic carbocycles. The highest BCUT2D eigenvalue weighted by Crippen LogP contribution is 2.34. The highest BCUT2D eigenvalue weighted by molar-refractivity contribution is 5.95. The predicted molar refractivity (Wildman–Crippen MR) is 69.9 cm³/mol. The van der Waals surface area contributed by atoms with Crippen LogP contribution < -0.4 is 5.32 Å². The van der Waals surface area contributed by atoms with Gasteiger partial charge in [0, 0.05) is 6.54 Å². The molecule has 1 aliphatic carbocycles. The molecule has 1 saturated heterocycles. The Hall–Kier alpha value is -1.06. The molecule has 4 heteroatoms. The van der Waals surface area contributed by atoms with Crippen LogP contribution in [0.1, 0.15) is 46.5 Å². The summed E-state index contributed by atoms with van der Waals surface area (Å²) in [5.74, 6) is 0.528. The fourth-order valence-electron chi connectivity index (χ4n) is 2.47. The lowest BCUT2D eigenvalue weighted by molar-refractivity contribution is -0.145. The lowest BCUT2D eigenvalue weighted by Gasteiger charge is -2.33. The Morgan fingerprint density at radius 2 is 1.94 bits per heavy atom. The second kappa shape index (κ2) is 4.90. The summed E-state index contributed by atoms with van der Waals surface area (Å²) in [5, 5.41) is 2.83. The zero-order chi connectivity index (χ0) is 13.3. The zero-order valence-corrected chi connectivity index (χ0v) is 11.7. The third-order valence-electron chi connectivity index (χ3n) is 3.68. The number of hydrogen-bond acceptors (Lipinski definition) is 2. The Labute approximate surface area is 109 Å². The maximum atomic E-state index is 12.2. The van der Waals surface area contributed by atoms with E-state index in [-0.39, 0.29) is 29.8 Å². The molecule has 2 aliphatic rings. The van der Waals surface area contributed by atoms with E-state index in [2.05, 4.69) is 26.1 Å². The van der Waals surface area contributed by atoms with Gasteiger partial charge < -0.3 is 10.2 Å². The lowest BCUT2D eigenvalue weighted by Crippen LogP contribution is -2.59. The normalized spacial score (nSPS) is 25.3. The summed E-state index contributed by atoms with van der Waals surface area (Å²) < 4.78 is 0. The average molecular weight is 252 g/mol. The van der Waals surface area contributed by atoms with E-state index in [0.29, 0.717) is 12.5 Å². The van der Waals surface area contributed by atoms with Crippen LogP contribution in [0.5, 0.6) is 0 Å². The SMILES string of the molecule is CC(C)(C)CCCN1CC(=O)NC(C2CC2)C1=O. The van der Waals surface area contributed by atoms with E-state index in [4.69, 9.17) is 0 Å². The first-order chi connectivity index (χ1) is 8.37. The molecule has 0 aromatic rings. The molecule has 0 bridgehead atoms. The lowest BCUT2D eigenvalue weighted by atomic mass is 9.90. The summed E-state index contributed by atoms with van der Waals surface area (Å²) in [4.78, 5) is 25.6. The monoisotopic (exact) mass is 252 g/mol. The van der Waals surface area contributed by atoms with Gasteiger partial charge in [0.25, 0.3) is 0 Å². The highest BCUT2D eigenvalue weighted by atomic mass is 16.2. The number of piperazine rings is 1. The summed E-state index contributed by atoms with van der Waals surface area (Å²) >= 11 is 0. The first-order valence-electron chi connectivity index (χ1n) is 6.95. The van der Waals surface area contributed by atoms with E-state index in [1.165, 1.54) is 0 Å². The largest absolute Gasteiger partial charge is 0.342 e. The molecule has 2 amide bonds. The fourth-order valence-corrected chi connectivity index (χ4v) is 2.47. The van der Waals surface area contributed by atoms with Gasteiger partial charge in [0.2, 0.25) is 11.8 Å². The van der Waals surface area contributed by atoms with Gasteiger partial charge in [0.1, 0.15) is 6.04 Å². The van der Waals surface area contributed by atoms with Gasteiger partial charge in [0.05, 0.1) is 6.54 Å². The molecule has 1 unspecified atom stereocenters. The van der Waals surface area contributed by atoms with Crippen molar-refractivity contribution in [2.75, 3.05) is 13.1 Å². The summed E-state index contributed by atoms with van der Waals surface area (Å²) in [7, 11) is 0. The molecule has 102 valence electrons. The van der Waals surface area contributed by atoms with Gasteiger partial charge >= 0.3 is 0 Å². The van der Waals surface area contributed by atoms with Crippen molar-refractivity contribution in [3.05, 3.63) is 0 Å². The van der Waals surface area contributed by atoms with Gasteiger partial charge in [0.15, 0.2) is 0 Å². The number of nitrogens with zero attached hydrogens (tertiary/aromatic N) is 1. The van der Waals surface area contributed by atoms with E-state index in [1.807, 2.05) is 0 Å². The minimum absolute atomic E-state index is 0.00209. The Morgan fingerprint density at radius 3 is 2.50 bits per heavy atom. The Bertz CT molecular complexity index is 342. The molecule has 1 heterocycles. The summed E-state index contributed by atoms with van der Waals surface area (Å²) in [6.07, 6.45) is 4.20. The molecule has 1 N–H and O–H groups in total. The number of rotatable bonds is 4. The maximum Gasteiger partial charge on any atom is 0.245 e. The molecule has 18 heavy (non-hydrogen) atoms. The van der Waals surface area contributed by atoms with Gasteiger partial charge in [-0.15, -0.1) is 0 Å². The molecular weight excluding hydrogens is 228 g/mol. The summed E-state index contributed by atoms with van der Waals surface area (Å²) in [5.41, 5.74) is 0.289. The molecule has 1 atom stereocenters.